The molecule has 7 heteroatoms. The molecule has 0 amide bonds. The van der Waals surface area contributed by atoms with Crippen LogP contribution in [0.4, 0.5) is 0 Å². The molecule has 22 heavy (non-hydrogen) atoms. The summed E-state index contributed by atoms with van der Waals surface area (Å²) in [4.78, 5) is 11.2. The van der Waals surface area contributed by atoms with E-state index >= 15 is 0 Å². The van der Waals surface area contributed by atoms with Crippen molar-refractivity contribution >= 4 is 5.97 Å². The molecule has 1 unspecified atom stereocenters. The molecule has 5 atom stereocenters. The van der Waals surface area contributed by atoms with E-state index in [9.17, 15) is 20.1 Å². The minimum atomic E-state index is -1.41. The highest BCUT2D eigenvalue weighted by Gasteiger charge is 2.46. The maximum Gasteiger partial charge on any atom is 0.303 e. The number of ether oxygens (including phenoxy) is 3. The fourth-order valence-corrected chi connectivity index (χ4v) is 2.26. The maximum atomic E-state index is 11.2. The van der Waals surface area contributed by atoms with Gasteiger partial charge in [0.15, 0.2) is 12.4 Å². The van der Waals surface area contributed by atoms with E-state index < -0.39 is 43.3 Å². The molecule has 0 radical (unpaired) electrons. The highest BCUT2D eigenvalue weighted by atomic mass is 16.7. The minimum Gasteiger partial charge on any atom is -0.454 e. The molecule has 0 aliphatic carbocycles. The fourth-order valence-electron chi connectivity index (χ4n) is 2.26. The molecule has 0 aromatic heterocycles. The Morgan fingerprint density at radius 3 is 2.50 bits per heavy atom. The quantitative estimate of drug-likeness (QED) is 0.634. The summed E-state index contributed by atoms with van der Waals surface area (Å²) in [6.07, 6.45) is -6.04. The minimum absolute atomic E-state index is 0.171. The topological polar surface area (TPSA) is 105 Å². The smallest absolute Gasteiger partial charge is 0.303 e. The molecular formula is C15H20O7. The van der Waals surface area contributed by atoms with Crippen LogP contribution in [0.25, 0.3) is 0 Å². The highest BCUT2D eigenvalue weighted by molar-refractivity contribution is 5.66. The number of benzene rings is 1. The third kappa shape index (κ3) is 4.02. The summed E-state index contributed by atoms with van der Waals surface area (Å²) in [7, 11) is 0. The summed E-state index contributed by atoms with van der Waals surface area (Å²) in [5.41, 5.74) is 0.869. The lowest BCUT2D eigenvalue weighted by Gasteiger charge is -2.41. The number of aliphatic hydroxyl groups excluding tert-OH is 3. The largest absolute Gasteiger partial charge is 0.454 e. The lowest BCUT2D eigenvalue weighted by Crippen LogP contribution is -2.60. The number of carbonyl (C=O) groups excluding carboxylic acids is 1. The summed E-state index contributed by atoms with van der Waals surface area (Å²) in [5.74, 6) is -0.629. The zero-order chi connectivity index (χ0) is 16.1. The van der Waals surface area contributed by atoms with Gasteiger partial charge in [-0.3, -0.25) is 4.79 Å². The Kier molecular flexibility index (Phi) is 5.87. The molecule has 1 aliphatic rings. The van der Waals surface area contributed by atoms with Crippen molar-refractivity contribution in [1.29, 1.82) is 0 Å². The predicted octanol–water partition coefficient (Wildman–Crippen LogP) is -0.426. The third-order valence-corrected chi connectivity index (χ3v) is 3.38. The second-order valence-corrected chi connectivity index (χ2v) is 5.08. The van der Waals surface area contributed by atoms with Crippen molar-refractivity contribution in [2.24, 2.45) is 0 Å². The number of rotatable bonds is 5. The summed E-state index contributed by atoms with van der Waals surface area (Å²) >= 11 is 0. The van der Waals surface area contributed by atoms with Crippen LogP contribution in [-0.4, -0.2) is 58.6 Å². The Morgan fingerprint density at radius 2 is 1.91 bits per heavy atom. The van der Waals surface area contributed by atoms with E-state index in [1.807, 2.05) is 30.3 Å². The van der Waals surface area contributed by atoms with Crippen molar-refractivity contribution in [3.63, 3.8) is 0 Å². The molecule has 1 aliphatic heterocycles. The molecule has 1 aromatic rings. The Morgan fingerprint density at radius 1 is 1.23 bits per heavy atom. The van der Waals surface area contributed by atoms with Crippen LogP contribution in [0, 0.1) is 0 Å². The third-order valence-electron chi connectivity index (χ3n) is 3.38. The van der Waals surface area contributed by atoms with Gasteiger partial charge in [-0.05, 0) is 5.56 Å². The number of hydrogen-bond acceptors (Lipinski definition) is 7. The fraction of sp³-hybridized carbons (Fsp3) is 0.533. The van der Waals surface area contributed by atoms with Crippen molar-refractivity contribution in [2.45, 2.75) is 44.2 Å². The van der Waals surface area contributed by atoms with E-state index in [1.54, 1.807) is 0 Å². The highest BCUT2D eigenvalue weighted by Crippen LogP contribution is 2.25. The van der Waals surface area contributed by atoms with Gasteiger partial charge >= 0.3 is 5.97 Å². The van der Waals surface area contributed by atoms with Crippen molar-refractivity contribution in [1.82, 2.24) is 0 Å². The normalized spacial score (nSPS) is 31.7. The molecule has 1 saturated heterocycles. The zero-order valence-electron chi connectivity index (χ0n) is 12.2. The molecule has 7 nitrogen and oxygen atoms in total. The number of hydrogen-bond donors (Lipinski definition) is 3. The van der Waals surface area contributed by atoms with E-state index in [2.05, 4.69) is 0 Å². The zero-order valence-corrected chi connectivity index (χ0v) is 12.2. The predicted molar refractivity (Wildman–Crippen MR) is 74.5 cm³/mol. The molecule has 0 spiro atoms. The van der Waals surface area contributed by atoms with E-state index in [1.165, 1.54) is 6.92 Å². The van der Waals surface area contributed by atoms with Crippen LogP contribution in [0.1, 0.15) is 12.5 Å². The lowest BCUT2D eigenvalue weighted by atomic mass is 9.99. The standard InChI is InChI=1S/C15H20O7/c1-9(17)21-14-13(19)12(18)11(7-16)22-15(14)20-8-10-5-3-2-4-6-10/h2-6,11-16,18-19H,7-8H2,1H3/t11-,12-,13-,14+,15?/m1/s1. The van der Waals surface area contributed by atoms with Crippen LogP contribution >= 0.6 is 0 Å². The molecule has 122 valence electrons. The summed E-state index contributed by atoms with van der Waals surface area (Å²) < 4.78 is 15.9. The Balaban J connectivity index is 2.07. The van der Waals surface area contributed by atoms with Crippen LogP contribution in [0.3, 0.4) is 0 Å². The Labute approximate surface area is 128 Å². The van der Waals surface area contributed by atoms with Crippen molar-refractivity contribution < 1.29 is 34.3 Å². The Bertz CT molecular complexity index is 478. The van der Waals surface area contributed by atoms with Crippen LogP contribution in [-0.2, 0) is 25.6 Å². The van der Waals surface area contributed by atoms with Gasteiger partial charge in [-0.15, -0.1) is 0 Å². The van der Waals surface area contributed by atoms with Gasteiger partial charge in [0.25, 0.3) is 0 Å². The van der Waals surface area contributed by atoms with Gasteiger partial charge < -0.3 is 29.5 Å². The van der Waals surface area contributed by atoms with E-state index in [-0.39, 0.29) is 6.61 Å². The van der Waals surface area contributed by atoms with Crippen LogP contribution in [0.15, 0.2) is 30.3 Å². The van der Waals surface area contributed by atoms with Gasteiger partial charge in [0.1, 0.15) is 18.3 Å². The first-order valence-corrected chi connectivity index (χ1v) is 6.98. The average molecular weight is 312 g/mol. The maximum absolute atomic E-state index is 11.2. The number of esters is 1. The number of carbonyl (C=O) groups is 1. The van der Waals surface area contributed by atoms with Crippen molar-refractivity contribution in [3.05, 3.63) is 35.9 Å². The van der Waals surface area contributed by atoms with Gasteiger partial charge in [0.05, 0.1) is 13.2 Å². The van der Waals surface area contributed by atoms with Gasteiger partial charge in [-0.25, -0.2) is 0 Å². The van der Waals surface area contributed by atoms with Crippen molar-refractivity contribution in [3.8, 4) is 0 Å². The van der Waals surface area contributed by atoms with Gasteiger partial charge in [0, 0.05) is 6.92 Å². The second-order valence-electron chi connectivity index (χ2n) is 5.08. The molecule has 0 saturated carbocycles. The van der Waals surface area contributed by atoms with Gasteiger partial charge in [-0.2, -0.15) is 0 Å². The summed E-state index contributed by atoms with van der Waals surface area (Å²) in [6.45, 7) is 0.867. The van der Waals surface area contributed by atoms with Gasteiger partial charge in [0.2, 0.25) is 0 Å². The molecule has 2 rings (SSSR count). The number of aliphatic hydroxyl groups is 3. The van der Waals surface area contributed by atoms with E-state index in [0.717, 1.165) is 5.56 Å². The molecule has 1 aromatic carbocycles. The molecule has 3 N–H and O–H groups in total. The molecule has 1 heterocycles. The van der Waals surface area contributed by atoms with E-state index in [0.29, 0.717) is 0 Å². The monoisotopic (exact) mass is 312 g/mol. The first kappa shape index (κ1) is 16.9. The van der Waals surface area contributed by atoms with Crippen molar-refractivity contribution in [2.75, 3.05) is 6.61 Å². The average Bonchev–Trinajstić information content (AvgIpc) is 2.52. The van der Waals surface area contributed by atoms with E-state index in [4.69, 9.17) is 14.2 Å². The van der Waals surface area contributed by atoms with Gasteiger partial charge in [-0.1, -0.05) is 30.3 Å². The Hall–Kier alpha value is -1.51. The first-order chi connectivity index (χ1) is 10.5. The summed E-state index contributed by atoms with van der Waals surface area (Å²) in [5, 5.41) is 29.1. The van der Waals surface area contributed by atoms with Crippen LogP contribution < -0.4 is 0 Å². The molecule has 1 fully saturated rings. The second kappa shape index (κ2) is 7.66. The summed E-state index contributed by atoms with van der Waals surface area (Å²) in [6, 6.07) is 9.25. The molecule has 0 bridgehead atoms. The SMILES string of the molecule is CC(=O)O[C@@H]1C(OCc2ccccc2)O[C@H](CO)[C@@H](O)[C@H]1O. The van der Waals surface area contributed by atoms with Crippen LogP contribution in [0.5, 0.6) is 0 Å². The molecular weight excluding hydrogens is 292 g/mol. The first-order valence-electron chi connectivity index (χ1n) is 6.98. The van der Waals surface area contributed by atoms with Crippen LogP contribution in [0.2, 0.25) is 0 Å². The lowest BCUT2D eigenvalue weighted by molar-refractivity contribution is -0.306.